The molecule has 104 valence electrons. The largest absolute Gasteiger partial charge is 0.343 e. The first-order valence-electron chi connectivity index (χ1n) is 7.54. The summed E-state index contributed by atoms with van der Waals surface area (Å²) in [5.74, 6) is 0.487. The van der Waals surface area contributed by atoms with Crippen molar-refractivity contribution in [1.29, 1.82) is 0 Å². The van der Waals surface area contributed by atoms with E-state index in [4.69, 9.17) is 0 Å². The summed E-state index contributed by atoms with van der Waals surface area (Å²) in [7, 11) is 2.19. The summed E-state index contributed by atoms with van der Waals surface area (Å²) in [6.45, 7) is 4.61. The molecule has 0 spiro atoms. The maximum Gasteiger partial charge on any atom is 0.0533 e. The summed E-state index contributed by atoms with van der Waals surface area (Å²) in [6.07, 6.45) is 0. The summed E-state index contributed by atoms with van der Waals surface area (Å²) in [5, 5.41) is 1.40. The molecule has 21 heavy (non-hydrogen) atoms. The molecule has 1 heterocycles. The minimum absolute atomic E-state index is 0.487. The third kappa shape index (κ3) is 1.58. The quantitative estimate of drug-likeness (QED) is 0.580. The average molecular weight is 273 g/mol. The predicted octanol–water partition coefficient (Wildman–Crippen LogP) is 5.12. The maximum absolute atomic E-state index is 2.36. The molecule has 0 N–H and O–H groups in total. The van der Waals surface area contributed by atoms with Crippen LogP contribution in [-0.2, 0) is 7.05 Å². The van der Waals surface area contributed by atoms with Crippen molar-refractivity contribution in [2.75, 3.05) is 0 Å². The molecule has 0 bridgehead atoms. The van der Waals surface area contributed by atoms with Gasteiger partial charge in [-0.3, -0.25) is 0 Å². The van der Waals surface area contributed by atoms with Gasteiger partial charge in [0.1, 0.15) is 0 Å². The van der Waals surface area contributed by atoms with Crippen LogP contribution in [0, 0.1) is 0 Å². The second kappa shape index (κ2) is 4.36. The zero-order valence-electron chi connectivity index (χ0n) is 12.7. The van der Waals surface area contributed by atoms with E-state index in [1.165, 1.54) is 38.9 Å². The fourth-order valence-electron chi connectivity index (χ4n) is 3.75. The molecular weight excluding hydrogens is 254 g/mol. The van der Waals surface area contributed by atoms with Crippen LogP contribution in [-0.4, -0.2) is 4.57 Å². The molecule has 0 aliphatic heterocycles. The lowest BCUT2D eigenvalue weighted by molar-refractivity contribution is 0.909. The molecule has 1 unspecified atom stereocenters. The molecule has 1 aliphatic rings. The van der Waals surface area contributed by atoms with Crippen LogP contribution in [0.15, 0.2) is 60.2 Å². The van der Waals surface area contributed by atoms with E-state index < -0.39 is 0 Å². The standard InChI is InChI=1S/C20H19N/c1-13-14(2)19-16-11-7-8-12-17(16)21(3)20(19)18(13)15-9-5-4-6-10-15/h4-12,14H,1-3H3. The Kier molecular flexibility index (Phi) is 2.58. The van der Waals surface area contributed by atoms with Crippen molar-refractivity contribution in [3.05, 3.63) is 77.0 Å². The van der Waals surface area contributed by atoms with Crippen molar-refractivity contribution in [2.45, 2.75) is 19.8 Å². The van der Waals surface area contributed by atoms with Crippen LogP contribution in [0.3, 0.4) is 0 Å². The van der Waals surface area contributed by atoms with E-state index in [1.54, 1.807) is 0 Å². The van der Waals surface area contributed by atoms with Gasteiger partial charge in [-0.1, -0.05) is 61.0 Å². The third-order valence-corrected chi connectivity index (χ3v) is 4.92. The molecule has 0 saturated carbocycles. The van der Waals surface area contributed by atoms with Crippen LogP contribution in [0.1, 0.15) is 36.6 Å². The number of allylic oxidation sites excluding steroid dienone is 1. The van der Waals surface area contributed by atoms with Crippen LogP contribution in [0.2, 0.25) is 0 Å². The van der Waals surface area contributed by atoms with Crippen molar-refractivity contribution >= 4 is 16.5 Å². The van der Waals surface area contributed by atoms with E-state index in [-0.39, 0.29) is 0 Å². The first kappa shape index (κ1) is 12.5. The number of nitrogens with zero attached hydrogens (tertiary/aromatic N) is 1. The van der Waals surface area contributed by atoms with Gasteiger partial charge in [0.15, 0.2) is 0 Å². The van der Waals surface area contributed by atoms with E-state index in [2.05, 4.69) is 80.1 Å². The SMILES string of the molecule is CC1=C(c2ccccc2)c2c(c3ccccc3n2C)C1C. The Morgan fingerprint density at radius 1 is 0.905 bits per heavy atom. The number of aromatic nitrogens is 1. The molecule has 0 fully saturated rings. The molecule has 1 atom stereocenters. The van der Waals surface area contributed by atoms with Gasteiger partial charge in [0.2, 0.25) is 0 Å². The Morgan fingerprint density at radius 3 is 2.33 bits per heavy atom. The number of benzene rings is 2. The zero-order chi connectivity index (χ0) is 14.6. The Balaban J connectivity index is 2.09. The van der Waals surface area contributed by atoms with Gasteiger partial charge in [0.05, 0.1) is 5.69 Å². The lowest BCUT2D eigenvalue weighted by atomic mass is 9.97. The van der Waals surface area contributed by atoms with Gasteiger partial charge in [0.25, 0.3) is 0 Å². The minimum Gasteiger partial charge on any atom is -0.343 e. The van der Waals surface area contributed by atoms with E-state index in [9.17, 15) is 0 Å². The molecule has 1 aromatic heterocycles. The average Bonchev–Trinajstić information content (AvgIpc) is 2.95. The third-order valence-electron chi connectivity index (χ3n) is 4.92. The summed E-state index contributed by atoms with van der Waals surface area (Å²) in [5.41, 5.74) is 8.43. The van der Waals surface area contributed by atoms with Crippen molar-refractivity contribution < 1.29 is 0 Å². The van der Waals surface area contributed by atoms with Crippen molar-refractivity contribution in [1.82, 2.24) is 4.57 Å². The van der Waals surface area contributed by atoms with Crippen LogP contribution >= 0.6 is 0 Å². The molecule has 3 aromatic rings. The van der Waals surface area contributed by atoms with Crippen molar-refractivity contribution in [3.63, 3.8) is 0 Å². The van der Waals surface area contributed by atoms with Gasteiger partial charge in [-0.25, -0.2) is 0 Å². The van der Waals surface area contributed by atoms with Crippen LogP contribution in [0.4, 0.5) is 0 Å². The summed E-state index contributed by atoms with van der Waals surface area (Å²) < 4.78 is 2.36. The van der Waals surface area contributed by atoms with Gasteiger partial charge < -0.3 is 4.57 Å². The molecule has 1 aliphatic carbocycles. The molecule has 0 amide bonds. The monoisotopic (exact) mass is 273 g/mol. The highest BCUT2D eigenvalue weighted by atomic mass is 15.0. The maximum atomic E-state index is 2.36. The van der Waals surface area contributed by atoms with Gasteiger partial charge in [-0.2, -0.15) is 0 Å². The van der Waals surface area contributed by atoms with E-state index in [1.807, 2.05) is 0 Å². The molecule has 1 nitrogen and oxygen atoms in total. The molecule has 0 radical (unpaired) electrons. The highest BCUT2D eigenvalue weighted by Gasteiger charge is 2.31. The smallest absolute Gasteiger partial charge is 0.0533 e. The lowest BCUT2D eigenvalue weighted by Crippen LogP contribution is -1.96. The van der Waals surface area contributed by atoms with E-state index >= 15 is 0 Å². The highest BCUT2D eigenvalue weighted by molar-refractivity contribution is 5.98. The fourth-order valence-corrected chi connectivity index (χ4v) is 3.75. The van der Waals surface area contributed by atoms with E-state index in [0.29, 0.717) is 5.92 Å². The van der Waals surface area contributed by atoms with Gasteiger partial charge in [-0.15, -0.1) is 0 Å². The molecule has 2 aromatic carbocycles. The first-order chi connectivity index (χ1) is 10.2. The lowest BCUT2D eigenvalue weighted by Gasteiger charge is -2.10. The van der Waals surface area contributed by atoms with Crippen molar-refractivity contribution in [3.8, 4) is 0 Å². The highest BCUT2D eigenvalue weighted by Crippen LogP contribution is 2.48. The second-order valence-corrected chi connectivity index (χ2v) is 5.98. The molecule has 1 heteroatoms. The number of para-hydroxylation sites is 1. The summed E-state index contributed by atoms with van der Waals surface area (Å²) >= 11 is 0. The first-order valence-corrected chi connectivity index (χ1v) is 7.54. The summed E-state index contributed by atoms with van der Waals surface area (Å²) in [6, 6.07) is 19.5. The number of hydrogen-bond donors (Lipinski definition) is 0. The van der Waals surface area contributed by atoms with Gasteiger partial charge >= 0.3 is 0 Å². The zero-order valence-corrected chi connectivity index (χ0v) is 12.7. The normalized spacial score (nSPS) is 17.6. The number of fused-ring (bicyclic) bond motifs is 3. The Bertz CT molecular complexity index is 865. The second-order valence-electron chi connectivity index (χ2n) is 5.98. The summed E-state index contributed by atoms with van der Waals surface area (Å²) in [4.78, 5) is 0. The Labute approximate surface area is 125 Å². The van der Waals surface area contributed by atoms with Crippen LogP contribution < -0.4 is 0 Å². The molecule has 0 saturated heterocycles. The van der Waals surface area contributed by atoms with E-state index in [0.717, 1.165) is 0 Å². The molecular formula is C20H19N. The number of rotatable bonds is 1. The van der Waals surface area contributed by atoms with Crippen molar-refractivity contribution in [2.24, 2.45) is 7.05 Å². The Morgan fingerprint density at radius 2 is 1.57 bits per heavy atom. The van der Waals surface area contributed by atoms with Gasteiger partial charge in [-0.05, 0) is 24.1 Å². The predicted molar refractivity (Wildman–Crippen MR) is 89.5 cm³/mol. The minimum atomic E-state index is 0.487. The topological polar surface area (TPSA) is 4.93 Å². The fraction of sp³-hybridized carbons (Fsp3) is 0.200. The Hall–Kier alpha value is -2.28. The van der Waals surface area contributed by atoms with Gasteiger partial charge in [0, 0.05) is 29.4 Å². The van der Waals surface area contributed by atoms with Crippen LogP contribution in [0.5, 0.6) is 0 Å². The number of aryl methyl sites for hydroxylation is 1. The number of hydrogen-bond acceptors (Lipinski definition) is 0. The van der Waals surface area contributed by atoms with Crippen LogP contribution in [0.25, 0.3) is 16.5 Å². The molecule has 4 rings (SSSR count).